The number of ether oxygens (including phenoxy) is 1. The number of aryl methyl sites for hydroxylation is 4. The van der Waals surface area contributed by atoms with Crippen molar-refractivity contribution in [3.05, 3.63) is 280 Å². The van der Waals surface area contributed by atoms with E-state index in [0.29, 0.717) is 5.92 Å². The molecule has 0 bridgehead atoms. The summed E-state index contributed by atoms with van der Waals surface area (Å²) in [6.07, 6.45) is 12.3. The maximum atomic E-state index is 5.07. The molecule has 0 amide bonds. The Morgan fingerprint density at radius 1 is 0.281 bits per heavy atom. The first-order valence-electron chi connectivity index (χ1n) is 34.6. The zero-order valence-electron chi connectivity index (χ0n) is 61.4. The lowest BCUT2D eigenvalue weighted by Crippen LogP contribution is -2.10. The van der Waals surface area contributed by atoms with Crippen LogP contribution >= 0.6 is 0 Å². The minimum absolute atomic E-state index is 0. The Kier molecular flexibility index (Phi) is 62.7. The summed E-state index contributed by atoms with van der Waals surface area (Å²) in [6.45, 7) is 47.0. The van der Waals surface area contributed by atoms with Gasteiger partial charge in [0.05, 0.1) is 7.11 Å². The predicted octanol–water partition coefficient (Wildman–Crippen LogP) is 29.9. The monoisotopic (exact) mass is 1310 g/mol. The normalized spacial score (nSPS) is 10.0. The number of rotatable bonds is 19. The van der Waals surface area contributed by atoms with Crippen LogP contribution in [0.2, 0.25) is 0 Å². The van der Waals surface area contributed by atoms with Crippen LogP contribution in [0.15, 0.2) is 218 Å². The Morgan fingerprint density at radius 2 is 0.542 bits per heavy atom. The summed E-state index contributed by atoms with van der Waals surface area (Å²) in [5, 5.41) is 0. The van der Waals surface area contributed by atoms with E-state index in [9.17, 15) is 0 Å². The Bertz CT molecular complexity index is 2800. The molecule has 8 aromatic carbocycles. The molecule has 0 aliphatic heterocycles. The van der Waals surface area contributed by atoms with Gasteiger partial charge in [-0.2, -0.15) is 0 Å². The fraction of sp³-hybridized carbons (Fsp3) is 0.495. The van der Waals surface area contributed by atoms with Gasteiger partial charge in [0, 0.05) is 0 Å². The molecule has 0 aromatic heterocycles. The van der Waals surface area contributed by atoms with Crippen LogP contribution in [0.4, 0.5) is 0 Å². The molecule has 8 aromatic rings. The average molecular weight is 1310 g/mol. The van der Waals surface area contributed by atoms with Crippen molar-refractivity contribution in [2.45, 2.75) is 265 Å². The van der Waals surface area contributed by atoms with Gasteiger partial charge in [-0.1, -0.05) is 400 Å². The molecule has 0 aliphatic carbocycles. The molecule has 96 heavy (non-hydrogen) atoms. The van der Waals surface area contributed by atoms with E-state index in [1.165, 1.54) is 119 Å². The van der Waals surface area contributed by atoms with Gasteiger partial charge >= 0.3 is 0 Å². The van der Waals surface area contributed by atoms with E-state index in [0.717, 1.165) is 53.6 Å². The van der Waals surface area contributed by atoms with Crippen LogP contribution in [0.3, 0.4) is 0 Å². The molecular formula is C95H154O. The Balaban J connectivity index is -0.000000239. The minimum atomic E-state index is 0. The van der Waals surface area contributed by atoms with Crippen LogP contribution < -0.4 is 4.74 Å². The van der Waals surface area contributed by atoms with E-state index in [2.05, 4.69) is 346 Å². The topological polar surface area (TPSA) is 9.23 Å². The highest BCUT2D eigenvalue weighted by molar-refractivity contribution is 5.29. The molecule has 0 spiro atoms. The summed E-state index contributed by atoms with van der Waals surface area (Å²) in [5.41, 5.74) is 15.9. The van der Waals surface area contributed by atoms with Crippen LogP contribution in [-0.2, 0) is 50.4 Å². The molecule has 0 atom stereocenters. The summed E-state index contributed by atoms with van der Waals surface area (Å²) in [5.74, 6) is 7.00. The molecule has 0 saturated carbocycles. The quantitative estimate of drug-likeness (QED) is 0.0784. The van der Waals surface area contributed by atoms with Gasteiger partial charge in [0.25, 0.3) is 0 Å². The third-order valence-electron chi connectivity index (χ3n) is 14.7. The van der Waals surface area contributed by atoms with Crippen molar-refractivity contribution in [2.24, 2.45) is 41.4 Å². The highest BCUT2D eigenvalue weighted by atomic mass is 16.5. The summed E-state index contributed by atoms with van der Waals surface area (Å²) < 4.78 is 5.07. The molecule has 0 heterocycles. The van der Waals surface area contributed by atoms with Gasteiger partial charge in [-0.05, 0) is 187 Å². The summed E-state index contributed by atoms with van der Waals surface area (Å²) in [4.78, 5) is 0. The van der Waals surface area contributed by atoms with Crippen molar-refractivity contribution in [3.8, 4) is 5.75 Å². The van der Waals surface area contributed by atoms with E-state index in [1.54, 1.807) is 7.11 Å². The first-order valence-corrected chi connectivity index (χ1v) is 34.6. The second-order valence-corrected chi connectivity index (χ2v) is 29.0. The fourth-order valence-corrected chi connectivity index (χ4v) is 9.62. The first kappa shape index (κ1) is 101. The van der Waals surface area contributed by atoms with Crippen molar-refractivity contribution >= 4 is 0 Å². The van der Waals surface area contributed by atoms with Crippen LogP contribution in [0.25, 0.3) is 0 Å². The summed E-state index contributed by atoms with van der Waals surface area (Å²) in [6, 6.07) is 77.4. The predicted molar refractivity (Wildman–Crippen MR) is 444 cm³/mol. The van der Waals surface area contributed by atoms with E-state index >= 15 is 0 Å². The van der Waals surface area contributed by atoms with Crippen molar-refractivity contribution in [1.29, 1.82) is 0 Å². The van der Waals surface area contributed by atoms with Crippen molar-refractivity contribution in [1.82, 2.24) is 0 Å². The maximum absolute atomic E-state index is 5.07. The Labute approximate surface area is 600 Å². The van der Waals surface area contributed by atoms with E-state index in [-0.39, 0.29) is 50.0 Å². The Hall–Kier alpha value is -6.44. The van der Waals surface area contributed by atoms with E-state index < -0.39 is 0 Å². The number of methoxy groups -OCH3 is 1. The van der Waals surface area contributed by atoms with Crippen molar-refractivity contribution < 1.29 is 4.74 Å². The standard InChI is InChI=1S/C14H22.C12H18.C11H16O.3C11H16.C10H14.C9H12.6CH4/c1-11(2)10-12-6-8-13(9-7-12)14(3,4)5;1-11(2)7-6-10-12-8-4-3-5-9-12;1-9(2)8-10-4-6-11(12-3)7-5-10;2*1-9(2)8-11-6-4-10(3)5-7-11;1-10(2)8-9-11-6-4-3-5-7-11;1-9(2)8-10-6-4-3-5-7-10;1-8(2)9-6-4-3-5-7-9;;;;;;/h6-9,11H,10H2,1-5H3;3-5,8-9,11H,6-7,10H2,1-2H3;4-7,9H,8H2,1-3H3;2*4-7,9H,8H2,1-3H3;3-7,10H,8-9H2,1-2H3;3-7,9H,8H2,1-2H3;3-8H,1-2H3;6*1H4. The number of hydrogen-bond acceptors (Lipinski definition) is 1. The third-order valence-corrected chi connectivity index (χ3v) is 14.7. The van der Waals surface area contributed by atoms with Crippen LogP contribution in [0, 0.1) is 55.3 Å². The highest BCUT2D eigenvalue weighted by Crippen LogP contribution is 2.23. The zero-order valence-corrected chi connectivity index (χ0v) is 61.4. The van der Waals surface area contributed by atoms with E-state index in [1.807, 2.05) is 18.2 Å². The van der Waals surface area contributed by atoms with Gasteiger partial charge in [0.1, 0.15) is 5.75 Å². The molecular weight excluding hydrogens is 1160 g/mol. The highest BCUT2D eigenvalue weighted by Gasteiger charge is 2.13. The number of hydrogen-bond donors (Lipinski definition) is 0. The van der Waals surface area contributed by atoms with Crippen molar-refractivity contribution in [2.75, 3.05) is 7.11 Å². The summed E-state index contributed by atoms with van der Waals surface area (Å²) in [7, 11) is 1.69. The SMILES string of the molecule is C.C.C.C.C.C.CC(C)CCCc1ccccc1.CC(C)CCc1ccccc1.CC(C)Cc1ccc(C(C)(C)C)cc1.CC(C)Cc1ccccc1.CC(C)c1ccccc1.COc1ccc(CC(C)C)cc1.Cc1ccc(CC(C)C)cc1.Cc1ccc(CC(C)C)cc1. The van der Waals surface area contributed by atoms with Gasteiger partial charge < -0.3 is 4.74 Å². The van der Waals surface area contributed by atoms with E-state index in [4.69, 9.17) is 4.74 Å². The van der Waals surface area contributed by atoms with Gasteiger partial charge in [-0.25, -0.2) is 0 Å². The molecule has 0 fully saturated rings. The second kappa shape index (κ2) is 59.8. The molecule has 540 valence electrons. The maximum Gasteiger partial charge on any atom is 0.118 e. The zero-order chi connectivity index (χ0) is 67.3. The third kappa shape index (κ3) is 55.7. The molecule has 0 aliphatic rings. The lowest BCUT2D eigenvalue weighted by atomic mass is 9.86. The first-order chi connectivity index (χ1) is 42.6. The Morgan fingerprint density at radius 3 is 0.802 bits per heavy atom. The molecule has 1 heteroatoms. The largest absolute Gasteiger partial charge is 0.497 e. The molecule has 0 N–H and O–H groups in total. The van der Waals surface area contributed by atoms with Gasteiger partial charge in [-0.3, -0.25) is 0 Å². The van der Waals surface area contributed by atoms with Crippen LogP contribution in [0.5, 0.6) is 5.75 Å². The molecule has 8 rings (SSSR count). The van der Waals surface area contributed by atoms with Crippen molar-refractivity contribution in [3.63, 3.8) is 0 Å². The van der Waals surface area contributed by atoms with Crippen LogP contribution in [-0.4, -0.2) is 7.11 Å². The molecule has 1 nitrogen and oxygen atoms in total. The average Bonchev–Trinajstić information content (AvgIpc) is 0.878. The number of benzene rings is 8. The van der Waals surface area contributed by atoms with Gasteiger partial charge in [-0.15, -0.1) is 0 Å². The smallest absolute Gasteiger partial charge is 0.118 e. The molecule has 0 radical (unpaired) electrons. The second-order valence-electron chi connectivity index (χ2n) is 29.0. The summed E-state index contributed by atoms with van der Waals surface area (Å²) >= 11 is 0. The van der Waals surface area contributed by atoms with Gasteiger partial charge in [0.15, 0.2) is 0 Å². The van der Waals surface area contributed by atoms with Crippen LogP contribution in [0.1, 0.15) is 262 Å². The molecule has 0 saturated heterocycles. The lowest BCUT2D eigenvalue weighted by molar-refractivity contribution is 0.414. The van der Waals surface area contributed by atoms with Gasteiger partial charge in [0.2, 0.25) is 0 Å². The fourth-order valence-electron chi connectivity index (χ4n) is 9.62. The molecule has 0 unspecified atom stereocenters. The minimum Gasteiger partial charge on any atom is -0.497 e. The lowest BCUT2D eigenvalue weighted by Gasteiger charge is -2.19.